The van der Waals surface area contributed by atoms with Gasteiger partial charge >= 0.3 is 47.8 Å². The minimum absolute atomic E-state index is 0.218. The Hall–Kier alpha value is 0.440. The Morgan fingerprint density at radius 1 is 1.71 bits per heavy atom. The van der Waals surface area contributed by atoms with Gasteiger partial charge in [0.2, 0.25) is 0 Å². The van der Waals surface area contributed by atoms with Crippen LogP contribution in [0.1, 0.15) is 0 Å². The van der Waals surface area contributed by atoms with Crippen LogP contribution in [-0.2, 0) is 0 Å². The van der Waals surface area contributed by atoms with Crippen LogP contribution in [-0.4, -0.2) is 15.9 Å². The molecule has 0 atom stereocenters. The first kappa shape index (κ1) is 7.44. The summed E-state index contributed by atoms with van der Waals surface area (Å²) in [7, 11) is 0. The summed E-state index contributed by atoms with van der Waals surface area (Å²) >= 11 is 3.51. The monoisotopic (exact) mass is 140 g/mol. The van der Waals surface area contributed by atoms with Crippen molar-refractivity contribution in [1.82, 2.24) is 0 Å². The maximum atomic E-state index is 8.51. The van der Waals surface area contributed by atoms with E-state index in [0.717, 1.165) is 0 Å². The summed E-state index contributed by atoms with van der Waals surface area (Å²) < 4.78 is 0. The molecule has 0 saturated heterocycles. The van der Waals surface area contributed by atoms with Gasteiger partial charge in [-0.05, 0) is 0 Å². The van der Waals surface area contributed by atoms with Gasteiger partial charge in [0.1, 0.15) is 0 Å². The molecular formula is C3H9O2PS. The standard InChI is InChI=1S/C3H9O2PS/c1-2-3-6(4,5)7/h2,4-7H,1,3H2. The van der Waals surface area contributed by atoms with Gasteiger partial charge in [-0.15, -0.1) is 0 Å². The number of thiol groups is 1. The fraction of sp³-hybridized carbons (Fsp3) is 0.333. The molecule has 44 valence electrons. The third-order valence-corrected chi connectivity index (χ3v) is 1.80. The Morgan fingerprint density at radius 3 is 2.14 bits per heavy atom. The molecule has 0 aliphatic heterocycles. The first-order valence-electron chi connectivity index (χ1n) is 1.84. The molecule has 0 radical (unpaired) electrons. The number of allylic oxidation sites excluding steroid dienone is 1. The molecule has 4 heteroatoms. The zero-order valence-electron chi connectivity index (χ0n) is 3.83. The van der Waals surface area contributed by atoms with Crippen LogP contribution in [0.15, 0.2) is 12.7 Å². The molecule has 0 spiro atoms. The Kier molecular flexibility index (Phi) is 2.84. The molecular weight excluding hydrogens is 131 g/mol. The van der Waals surface area contributed by atoms with Crippen molar-refractivity contribution in [2.45, 2.75) is 0 Å². The second-order valence-corrected chi connectivity index (χ2v) is 5.37. The molecule has 7 heavy (non-hydrogen) atoms. The molecule has 0 aromatic rings. The van der Waals surface area contributed by atoms with Crippen molar-refractivity contribution in [2.75, 3.05) is 6.16 Å². The Balaban J connectivity index is 3.34. The summed E-state index contributed by atoms with van der Waals surface area (Å²) in [6, 6.07) is 0. The molecule has 0 bridgehead atoms. The maximum absolute atomic E-state index is 8.51. The van der Waals surface area contributed by atoms with E-state index >= 15 is 0 Å². The molecule has 2 nitrogen and oxygen atoms in total. The van der Waals surface area contributed by atoms with Crippen molar-refractivity contribution in [3.8, 4) is 0 Å². The van der Waals surface area contributed by atoms with E-state index < -0.39 is 6.92 Å². The van der Waals surface area contributed by atoms with E-state index in [0.29, 0.717) is 0 Å². The Bertz CT molecular complexity index is 67.8. The molecule has 0 unspecified atom stereocenters. The van der Waals surface area contributed by atoms with Gasteiger partial charge in [-0.1, -0.05) is 0 Å². The summed E-state index contributed by atoms with van der Waals surface area (Å²) in [6.07, 6.45) is 1.66. The predicted molar refractivity (Wildman–Crippen MR) is 36.8 cm³/mol. The van der Waals surface area contributed by atoms with Crippen molar-refractivity contribution in [3.63, 3.8) is 0 Å². The fourth-order valence-corrected chi connectivity index (χ4v) is 0.968. The van der Waals surface area contributed by atoms with Crippen LogP contribution < -0.4 is 0 Å². The number of rotatable bonds is 2. The van der Waals surface area contributed by atoms with Crippen molar-refractivity contribution in [1.29, 1.82) is 0 Å². The average molecular weight is 140 g/mol. The quantitative estimate of drug-likeness (QED) is 0.298. The number of hydrogen-bond donors (Lipinski definition) is 3. The van der Waals surface area contributed by atoms with E-state index in [1.165, 1.54) is 6.08 Å². The van der Waals surface area contributed by atoms with Gasteiger partial charge in [0, 0.05) is 0 Å². The van der Waals surface area contributed by atoms with Gasteiger partial charge in [0.05, 0.1) is 0 Å². The third-order valence-electron chi connectivity index (χ3n) is 0.418. The van der Waals surface area contributed by atoms with Gasteiger partial charge < -0.3 is 0 Å². The summed E-state index contributed by atoms with van der Waals surface area (Å²) in [6.45, 7) is 0.231. The van der Waals surface area contributed by atoms with E-state index in [9.17, 15) is 0 Å². The molecule has 0 aliphatic rings. The Morgan fingerprint density at radius 2 is 2.14 bits per heavy atom. The fourth-order valence-electron chi connectivity index (χ4n) is 0.194. The van der Waals surface area contributed by atoms with Crippen molar-refractivity contribution >= 4 is 19.2 Å². The number of hydrogen-bond acceptors (Lipinski definition) is 3. The first-order chi connectivity index (χ1) is 3.06. The summed E-state index contributed by atoms with van der Waals surface area (Å²) in [5, 5.41) is 0. The normalized spacial score (nSPS) is 13.6. The zero-order valence-corrected chi connectivity index (χ0v) is 5.73. The molecule has 2 N–H and O–H groups in total. The third kappa shape index (κ3) is 6.44. The molecule has 0 saturated carbocycles. The van der Waals surface area contributed by atoms with Crippen LogP contribution in [0.5, 0.6) is 0 Å². The van der Waals surface area contributed by atoms with E-state index in [-0.39, 0.29) is 6.16 Å². The van der Waals surface area contributed by atoms with Gasteiger partial charge in [0.15, 0.2) is 0 Å². The molecule has 0 aliphatic carbocycles. The molecule has 0 aromatic heterocycles. The van der Waals surface area contributed by atoms with Crippen molar-refractivity contribution in [2.24, 2.45) is 0 Å². The van der Waals surface area contributed by atoms with E-state index in [1.54, 1.807) is 0 Å². The van der Waals surface area contributed by atoms with Crippen LogP contribution in [0.2, 0.25) is 0 Å². The molecule has 0 fully saturated rings. The SMILES string of the molecule is C=CC[PH](O)(O)S. The second-order valence-electron chi connectivity index (χ2n) is 1.27. The molecule has 0 heterocycles. The molecule has 0 rings (SSSR count). The van der Waals surface area contributed by atoms with Crippen LogP contribution >= 0.6 is 19.2 Å². The average Bonchev–Trinajstić information content (AvgIpc) is 1.30. The van der Waals surface area contributed by atoms with Gasteiger partial charge in [-0.3, -0.25) is 0 Å². The zero-order chi connectivity index (χ0) is 5.91. The van der Waals surface area contributed by atoms with E-state index in [4.69, 9.17) is 9.79 Å². The van der Waals surface area contributed by atoms with Gasteiger partial charge in [0.25, 0.3) is 0 Å². The van der Waals surface area contributed by atoms with E-state index in [1.807, 2.05) is 0 Å². The topological polar surface area (TPSA) is 40.5 Å². The molecule has 0 aromatic carbocycles. The van der Waals surface area contributed by atoms with Crippen LogP contribution in [0.3, 0.4) is 0 Å². The Labute approximate surface area is 48.5 Å². The summed E-state index contributed by atoms with van der Waals surface area (Å²) in [5.41, 5.74) is 0. The van der Waals surface area contributed by atoms with Gasteiger partial charge in [-0.2, -0.15) is 0 Å². The summed E-state index contributed by atoms with van der Waals surface area (Å²) in [5.74, 6) is 0. The molecule has 0 amide bonds. The van der Waals surface area contributed by atoms with Crippen LogP contribution in [0, 0.1) is 0 Å². The van der Waals surface area contributed by atoms with E-state index in [2.05, 4.69) is 18.8 Å². The van der Waals surface area contributed by atoms with Crippen molar-refractivity contribution in [3.05, 3.63) is 12.7 Å². The van der Waals surface area contributed by atoms with Gasteiger partial charge in [-0.25, -0.2) is 0 Å². The minimum atomic E-state index is -3.08. The summed E-state index contributed by atoms with van der Waals surface area (Å²) in [4.78, 5) is 17.0. The first-order valence-corrected chi connectivity index (χ1v) is 5.23. The predicted octanol–water partition coefficient (Wildman–Crippen LogP) is 0.582. The van der Waals surface area contributed by atoms with Crippen molar-refractivity contribution < 1.29 is 9.79 Å². The second kappa shape index (κ2) is 2.68. The van der Waals surface area contributed by atoms with Crippen LogP contribution in [0.25, 0.3) is 0 Å². The van der Waals surface area contributed by atoms with Crippen LogP contribution in [0.4, 0.5) is 0 Å².